The molecule has 0 saturated heterocycles. The Balaban J connectivity index is 2.10. The largest absolute Gasteiger partial charge is 0.487 e. The van der Waals surface area contributed by atoms with E-state index in [0.29, 0.717) is 12.4 Å². The fourth-order valence-electron chi connectivity index (χ4n) is 1.69. The monoisotopic (exact) mass is 245 g/mol. The highest BCUT2D eigenvalue weighted by molar-refractivity contribution is 5.56. The first-order chi connectivity index (χ1) is 8.79. The third-order valence-corrected chi connectivity index (χ3v) is 2.55. The predicted molar refractivity (Wildman–Crippen MR) is 71.3 cm³/mol. The molecule has 2 nitrogen and oxygen atoms in total. The zero-order chi connectivity index (χ0) is 12.8. The fourth-order valence-corrected chi connectivity index (χ4v) is 1.69. The fraction of sp³-hybridized carbons (Fsp3) is 0.200. The Labute approximate surface area is 106 Å². The van der Waals surface area contributed by atoms with Crippen molar-refractivity contribution in [1.29, 1.82) is 0 Å². The summed E-state index contributed by atoms with van der Waals surface area (Å²) in [4.78, 5) is 0. The van der Waals surface area contributed by atoms with Crippen molar-refractivity contribution < 1.29 is 9.13 Å². The van der Waals surface area contributed by atoms with Crippen LogP contribution in [-0.2, 0) is 6.61 Å². The predicted octanol–water partition coefficient (Wildman–Crippen LogP) is 3.84. The van der Waals surface area contributed by atoms with E-state index in [4.69, 9.17) is 4.74 Å². The van der Waals surface area contributed by atoms with E-state index in [1.165, 1.54) is 12.1 Å². The van der Waals surface area contributed by atoms with Crippen LogP contribution in [0.3, 0.4) is 0 Å². The van der Waals surface area contributed by atoms with Crippen molar-refractivity contribution in [2.45, 2.75) is 13.5 Å². The number of nitrogens with one attached hydrogen (secondary N) is 1. The third-order valence-electron chi connectivity index (χ3n) is 2.55. The van der Waals surface area contributed by atoms with Crippen molar-refractivity contribution in [3.63, 3.8) is 0 Å². The van der Waals surface area contributed by atoms with E-state index in [2.05, 4.69) is 5.32 Å². The van der Waals surface area contributed by atoms with Crippen LogP contribution in [0.25, 0.3) is 0 Å². The maximum absolute atomic E-state index is 13.2. The quantitative estimate of drug-likeness (QED) is 0.864. The number of benzene rings is 2. The van der Waals surface area contributed by atoms with E-state index in [-0.39, 0.29) is 5.82 Å². The first-order valence-electron chi connectivity index (χ1n) is 5.99. The molecule has 0 saturated carbocycles. The summed E-state index contributed by atoms with van der Waals surface area (Å²) in [6.45, 7) is 3.19. The second kappa shape index (κ2) is 6.05. The highest BCUT2D eigenvalue weighted by Crippen LogP contribution is 2.26. The Kier molecular flexibility index (Phi) is 4.18. The van der Waals surface area contributed by atoms with Gasteiger partial charge in [0.05, 0.1) is 5.69 Å². The maximum Gasteiger partial charge on any atom is 0.145 e. The van der Waals surface area contributed by atoms with E-state index in [9.17, 15) is 4.39 Å². The van der Waals surface area contributed by atoms with Crippen molar-refractivity contribution in [3.8, 4) is 5.75 Å². The van der Waals surface area contributed by atoms with Crippen LogP contribution in [0.2, 0.25) is 0 Å². The summed E-state index contributed by atoms with van der Waals surface area (Å²) in [5.41, 5.74) is 1.87. The van der Waals surface area contributed by atoms with Crippen LogP contribution in [-0.4, -0.2) is 6.54 Å². The molecule has 0 aliphatic carbocycles. The molecule has 0 spiro atoms. The summed E-state index contributed by atoms with van der Waals surface area (Å²) in [6, 6.07) is 14.3. The minimum absolute atomic E-state index is 0.292. The molecule has 0 aliphatic rings. The lowest BCUT2D eigenvalue weighted by Gasteiger charge is -2.12. The summed E-state index contributed by atoms with van der Waals surface area (Å²) in [5, 5.41) is 3.15. The van der Waals surface area contributed by atoms with Gasteiger partial charge in [0.2, 0.25) is 0 Å². The molecule has 18 heavy (non-hydrogen) atoms. The van der Waals surface area contributed by atoms with Crippen molar-refractivity contribution in [2.24, 2.45) is 0 Å². The lowest BCUT2D eigenvalue weighted by Crippen LogP contribution is -2.02. The van der Waals surface area contributed by atoms with Gasteiger partial charge in [0.1, 0.15) is 18.2 Å². The zero-order valence-electron chi connectivity index (χ0n) is 10.3. The molecule has 0 unspecified atom stereocenters. The second-order valence-electron chi connectivity index (χ2n) is 3.95. The number of hydrogen-bond acceptors (Lipinski definition) is 2. The second-order valence-corrected chi connectivity index (χ2v) is 3.95. The molecule has 2 aromatic carbocycles. The van der Waals surface area contributed by atoms with Crippen LogP contribution in [0.4, 0.5) is 10.1 Å². The molecule has 0 atom stereocenters. The average molecular weight is 245 g/mol. The van der Waals surface area contributed by atoms with Gasteiger partial charge in [-0.3, -0.25) is 0 Å². The van der Waals surface area contributed by atoms with Gasteiger partial charge in [-0.15, -0.1) is 0 Å². The van der Waals surface area contributed by atoms with Gasteiger partial charge in [-0.1, -0.05) is 30.3 Å². The molecule has 0 aromatic heterocycles. The Morgan fingerprint density at radius 3 is 2.61 bits per heavy atom. The number of rotatable bonds is 5. The smallest absolute Gasteiger partial charge is 0.145 e. The van der Waals surface area contributed by atoms with Crippen LogP contribution in [0, 0.1) is 5.82 Å². The van der Waals surface area contributed by atoms with Gasteiger partial charge in [0.25, 0.3) is 0 Å². The Bertz CT molecular complexity index is 499. The van der Waals surface area contributed by atoms with Gasteiger partial charge >= 0.3 is 0 Å². The Hall–Kier alpha value is -2.03. The maximum atomic E-state index is 13.2. The highest BCUT2D eigenvalue weighted by Gasteiger charge is 2.05. The molecule has 2 rings (SSSR count). The average Bonchev–Trinajstić information content (AvgIpc) is 2.40. The summed E-state index contributed by atoms with van der Waals surface area (Å²) < 4.78 is 18.9. The topological polar surface area (TPSA) is 21.3 Å². The summed E-state index contributed by atoms with van der Waals surface area (Å²) in [7, 11) is 0. The molecule has 0 fully saturated rings. The van der Waals surface area contributed by atoms with Crippen LogP contribution in [0.5, 0.6) is 5.75 Å². The summed E-state index contributed by atoms with van der Waals surface area (Å²) in [5.74, 6) is 0.250. The third kappa shape index (κ3) is 3.23. The van der Waals surface area contributed by atoms with Gasteiger partial charge in [-0.2, -0.15) is 0 Å². The first-order valence-corrected chi connectivity index (χ1v) is 5.99. The SMILES string of the molecule is CCNc1ccc(F)cc1OCc1ccccc1. The summed E-state index contributed by atoms with van der Waals surface area (Å²) in [6.07, 6.45) is 0. The number of halogens is 1. The minimum Gasteiger partial charge on any atom is -0.487 e. The Morgan fingerprint density at radius 2 is 1.89 bits per heavy atom. The number of ether oxygens (including phenoxy) is 1. The normalized spacial score (nSPS) is 10.1. The molecule has 0 aliphatic heterocycles. The molecule has 1 N–H and O–H groups in total. The first kappa shape index (κ1) is 12.4. The molecule has 94 valence electrons. The molecule has 3 heteroatoms. The van der Waals surface area contributed by atoms with E-state index in [1.54, 1.807) is 6.07 Å². The standard InChI is InChI=1S/C15H16FNO/c1-2-17-14-9-8-13(16)10-15(14)18-11-12-6-4-3-5-7-12/h3-10,17H,2,11H2,1H3. The molecule has 0 radical (unpaired) electrons. The van der Waals surface area contributed by atoms with Gasteiger partial charge in [0.15, 0.2) is 0 Å². The Morgan fingerprint density at radius 1 is 1.11 bits per heavy atom. The summed E-state index contributed by atoms with van der Waals surface area (Å²) >= 11 is 0. The molecule has 0 heterocycles. The van der Waals surface area contributed by atoms with Crippen LogP contribution < -0.4 is 10.1 Å². The zero-order valence-corrected chi connectivity index (χ0v) is 10.3. The van der Waals surface area contributed by atoms with Crippen molar-refractivity contribution >= 4 is 5.69 Å². The van der Waals surface area contributed by atoms with Crippen LogP contribution >= 0.6 is 0 Å². The molecular weight excluding hydrogens is 229 g/mol. The molecule has 2 aromatic rings. The van der Waals surface area contributed by atoms with Gasteiger partial charge in [0, 0.05) is 12.6 Å². The minimum atomic E-state index is -0.292. The lowest BCUT2D eigenvalue weighted by molar-refractivity contribution is 0.306. The lowest BCUT2D eigenvalue weighted by atomic mass is 10.2. The number of anilines is 1. The van der Waals surface area contributed by atoms with Gasteiger partial charge < -0.3 is 10.1 Å². The van der Waals surface area contributed by atoms with E-state index in [0.717, 1.165) is 17.8 Å². The number of hydrogen-bond donors (Lipinski definition) is 1. The van der Waals surface area contributed by atoms with Gasteiger partial charge in [-0.05, 0) is 24.6 Å². The van der Waals surface area contributed by atoms with Gasteiger partial charge in [-0.25, -0.2) is 4.39 Å². The van der Waals surface area contributed by atoms with E-state index >= 15 is 0 Å². The molecular formula is C15H16FNO. The van der Waals surface area contributed by atoms with E-state index < -0.39 is 0 Å². The van der Waals surface area contributed by atoms with Crippen molar-refractivity contribution in [3.05, 3.63) is 59.9 Å². The van der Waals surface area contributed by atoms with E-state index in [1.807, 2.05) is 37.3 Å². The molecule has 0 bridgehead atoms. The van der Waals surface area contributed by atoms with Crippen LogP contribution in [0.1, 0.15) is 12.5 Å². The van der Waals surface area contributed by atoms with Crippen LogP contribution in [0.15, 0.2) is 48.5 Å². The van der Waals surface area contributed by atoms with Crippen molar-refractivity contribution in [2.75, 3.05) is 11.9 Å². The molecule has 0 amide bonds. The highest BCUT2D eigenvalue weighted by atomic mass is 19.1. The van der Waals surface area contributed by atoms with Crippen molar-refractivity contribution in [1.82, 2.24) is 0 Å².